The van der Waals surface area contributed by atoms with Crippen LogP contribution >= 0.6 is 27.7 Å². The third kappa shape index (κ3) is 3.99. The molecule has 4 rings (SSSR count). The van der Waals surface area contributed by atoms with E-state index in [1.807, 2.05) is 30.3 Å². The molecule has 1 aliphatic carbocycles. The molecule has 158 valence electrons. The summed E-state index contributed by atoms with van der Waals surface area (Å²) < 4.78 is 29.0. The molecule has 1 saturated carbocycles. The minimum Gasteiger partial charge on any atom is -0.465 e. The van der Waals surface area contributed by atoms with Crippen molar-refractivity contribution in [3.05, 3.63) is 69.7 Å². The Bertz CT molecular complexity index is 989. The van der Waals surface area contributed by atoms with Crippen LogP contribution in [0.25, 0.3) is 0 Å². The molecule has 1 amide bonds. The SMILES string of the molecule is O=C(O)N(Cc1ccccc1)C1=NC2(c3cc(Br)c(F)cc3F)CCCCC2CS1. The number of halogens is 3. The van der Waals surface area contributed by atoms with E-state index < -0.39 is 23.3 Å². The van der Waals surface area contributed by atoms with Crippen LogP contribution in [-0.2, 0) is 12.1 Å². The van der Waals surface area contributed by atoms with Crippen molar-refractivity contribution in [3.63, 3.8) is 0 Å². The van der Waals surface area contributed by atoms with Gasteiger partial charge in [0.1, 0.15) is 11.6 Å². The van der Waals surface area contributed by atoms with Crippen molar-refractivity contribution in [3.8, 4) is 0 Å². The number of hydrogen-bond donors (Lipinski definition) is 1. The first-order chi connectivity index (χ1) is 14.4. The van der Waals surface area contributed by atoms with E-state index in [1.54, 1.807) is 0 Å². The molecule has 1 N–H and O–H groups in total. The lowest BCUT2D eigenvalue weighted by atomic mass is 9.69. The van der Waals surface area contributed by atoms with Gasteiger partial charge in [0, 0.05) is 17.4 Å². The van der Waals surface area contributed by atoms with Crippen LogP contribution in [0.5, 0.6) is 0 Å². The number of thioether (sulfide) groups is 1. The van der Waals surface area contributed by atoms with E-state index in [-0.39, 0.29) is 16.9 Å². The number of amides is 1. The Kier molecular flexibility index (Phi) is 6.16. The fourth-order valence-electron chi connectivity index (χ4n) is 4.37. The van der Waals surface area contributed by atoms with E-state index >= 15 is 0 Å². The summed E-state index contributed by atoms with van der Waals surface area (Å²) >= 11 is 4.57. The molecule has 0 saturated heterocycles. The molecule has 2 aromatic rings. The molecule has 2 aliphatic rings. The fraction of sp³-hybridized carbons (Fsp3) is 0.364. The van der Waals surface area contributed by atoms with Crippen LogP contribution in [0.1, 0.15) is 36.8 Å². The molecule has 1 aliphatic heterocycles. The van der Waals surface area contributed by atoms with Gasteiger partial charge in [0.15, 0.2) is 5.17 Å². The lowest BCUT2D eigenvalue weighted by Crippen LogP contribution is -2.46. The van der Waals surface area contributed by atoms with Gasteiger partial charge in [-0.1, -0.05) is 54.9 Å². The summed E-state index contributed by atoms with van der Waals surface area (Å²) in [5, 5.41) is 10.2. The van der Waals surface area contributed by atoms with Gasteiger partial charge in [0.25, 0.3) is 0 Å². The Labute approximate surface area is 186 Å². The lowest BCUT2D eigenvalue weighted by molar-refractivity contribution is 0.165. The van der Waals surface area contributed by atoms with Crippen molar-refractivity contribution in [2.45, 2.75) is 37.8 Å². The predicted octanol–water partition coefficient (Wildman–Crippen LogP) is 6.40. The van der Waals surface area contributed by atoms with Crippen molar-refractivity contribution in [1.82, 2.24) is 4.90 Å². The standard InChI is InChI=1S/C22H21BrF2N2O2S/c23-17-10-16(18(24)11-19(17)25)22-9-5-4-8-15(22)13-30-20(26-22)27(21(28)29)12-14-6-2-1-3-7-14/h1-3,6-7,10-11,15H,4-5,8-9,12-13H2,(H,28,29). The first-order valence-corrected chi connectivity index (χ1v) is 11.6. The summed E-state index contributed by atoms with van der Waals surface area (Å²) in [6.07, 6.45) is 2.27. The number of hydrogen-bond acceptors (Lipinski definition) is 3. The van der Waals surface area contributed by atoms with Gasteiger partial charge >= 0.3 is 6.09 Å². The maximum absolute atomic E-state index is 14.9. The predicted molar refractivity (Wildman–Crippen MR) is 118 cm³/mol. The van der Waals surface area contributed by atoms with Crippen molar-refractivity contribution in [2.24, 2.45) is 10.9 Å². The zero-order chi connectivity index (χ0) is 21.3. The first kappa shape index (κ1) is 21.3. The molecule has 1 fully saturated rings. The number of carbonyl (C=O) groups is 1. The van der Waals surface area contributed by atoms with E-state index in [4.69, 9.17) is 4.99 Å². The normalized spacial score (nSPS) is 23.4. The summed E-state index contributed by atoms with van der Waals surface area (Å²) in [5.41, 5.74) is 0.297. The van der Waals surface area contributed by atoms with Crippen LogP contribution < -0.4 is 0 Å². The summed E-state index contributed by atoms with van der Waals surface area (Å²) in [6, 6.07) is 11.7. The second-order valence-electron chi connectivity index (χ2n) is 7.67. The van der Waals surface area contributed by atoms with Crippen LogP contribution in [0.2, 0.25) is 0 Å². The van der Waals surface area contributed by atoms with Crippen LogP contribution in [0.3, 0.4) is 0 Å². The molecular formula is C22H21BrF2N2O2S. The molecule has 2 unspecified atom stereocenters. The Balaban J connectivity index is 1.79. The topological polar surface area (TPSA) is 52.9 Å². The van der Waals surface area contributed by atoms with Crippen LogP contribution in [0, 0.1) is 17.6 Å². The number of carboxylic acid groups (broad SMARTS) is 1. The Morgan fingerprint density at radius 2 is 2.00 bits per heavy atom. The molecule has 1 heterocycles. The third-order valence-electron chi connectivity index (χ3n) is 5.87. The van der Waals surface area contributed by atoms with Gasteiger partial charge in [-0.15, -0.1) is 0 Å². The van der Waals surface area contributed by atoms with E-state index in [9.17, 15) is 18.7 Å². The minimum atomic E-state index is -1.10. The van der Waals surface area contributed by atoms with Crippen molar-refractivity contribution < 1.29 is 18.7 Å². The lowest BCUT2D eigenvalue weighted by Gasteiger charge is -2.45. The van der Waals surface area contributed by atoms with Gasteiger partial charge in [0.05, 0.1) is 16.6 Å². The van der Waals surface area contributed by atoms with Crippen molar-refractivity contribution in [1.29, 1.82) is 0 Å². The first-order valence-electron chi connectivity index (χ1n) is 9.83. The molecule has 30 heavy (non-hydrogen) atoms. The van der Waals surface area contributed by atoms with Crippen LogP contribution in [0.15, 0.2) is 51.9 Å². The van der Waals surface area contributed by atoms with Gasteiger partial charge in [-0.05, 0) is 46.3 Å². The fourth-order valence-corrected chi connectivity index (χ4v) is 6.03. The van der Waals surface area contributed by atoms with Crippen molar-refractivity contribution in [2.75, 3.05) is 5.75 Å². The Hall–Kier alpha value is -1.93. The molecule has 0 radical (unpaired) electrons. The summed E-state index contributed by atoms with van der Waals surface area (Å²) in [5.74, 6) is -0.585. The Morgan fingerprint density at radius 1 is 1.23 bits per heavy atom. The quantitative estimate of drug-likeness (QED) is 0.502. The van der Waals surface area contributed by atoms with Gasteiger partial charge in [-0.3, -0.25) is 9.89 Å². The van der Waals surface area contributed by atoms with Crippen LogP contribution in [-0.4, -0.2) is 27.0 Å². The highest BCUT2D eigenvalue weighted by molar-refractivity contribution is 9.10. The van der Waals surface area contributed by atoms with Crippen LogP contribution in [0.4, 0.5) is 13.6 Å². The zero-order valence-corrected chi connectivity index (χ0v) is 18.6. The van der Waals surface area contributed by atoms with E-state index in [2.05, 4.69) is 15.9 Å². The number of amidine groups is 1. The van der Waals surface area contributed by atoms with Gasteiger partial charge in [-0.2, -0.15) is 0 Å². The second kappa shape index (κ2) is 8.67. The average Bonchev–Trinajstić information content (AvgIpc) is 2.74. The smallest absolute Gasteiger partial charge is 0.413 e. The Morgan fingerprint density at radius 3 is 2.73 bits per heavy atom. The van der Waals surface area contributed by atoms with E-state index in [0.717, 1.165) is 30.9 Å². The summed E-state index contributed by atoms with van der Waals surface area (Å²) in [6.45, 7) is 0.165. The highest BCUT2D eigenvalue weighted by atomic mass is 79.9. The summed E-state index contributed by atoms with van der Waals surface area (Å²) in [7, 11) is 0. The molecular weight excluding hydrogens is 474 g/mol. The number of rotatable bonds is 3. The average molecular weight is 495 g/mol. The summed E-state index contributed by atoms with van der Waals surface area (Å²) in [4.78, 5) is 18.2. The number of aliphatic imine (C=N–C) groups is 1. The minimum absolute atomic E-state index is 0.0687. The molecule has 2 atom stereocenters. The number of nitrogens with zero attached hydrogens (tertiary/aromatic N) is 2. The number of benzene rings is 2. The molecule has 0 spiro atoms. The van der Waals surface area contributed by atoms with Gasteiger partial charge < -0.3 is 5.11 Å². The molecule has 8 heteroatoms. The highest BCUT2D eigenvalue weighted by Crippen LogP contribution is 2.51. The maximum atomic E-state index is 14.9. The molecule has 4 nitrogen and oxygen atoms in total. The zero-order valence-electron chi connectivity index (χ0n) is 16.2. The van der Waals surface area contributed by atoms with Crippen molar-refractivity contribution >= 4 is 39.0 Å². The maximum Gasteiger partial charge on any atom is 0.413 e. The largest absolute Gasteiger partial charge is 0.465 e. The van der Waals surface area contributed by atoms with E-state index in [0.29, 0.717) is 22.9 Å². The highest BCUT2D eigenvalue weighted by Gasteiger charge is 2.47. The van der Waals surface area contributed by atoms with E-state index in [1.165, 1.54) is 22.7 Å². The molecule has 0 bridgehead atoms. The van der Waals surface area contributed by atoms with Gasteiger partial charge in [0.2, 0.25) is 0 Å². The molecule has 0 aromatic heterocycles. The van der Waals surface area contributed by atoms with Gasteiger partial charge in [-0.25, -0.2) is 13.6 Å². The second-order valence-corrected chi connectivity index (χ2v) is 9.51. The third-order valence-corrected chi connectivity index (χ3v) is 7.61. The molecule has 2 aromatic carbocycles. The monoisotopic (exact) mass is 494 g/mol. The number of fused-ring (bicyclic) bond motifs is 1.